The first-order chi connectivity index (χ1) is 12.8. The van der Waals surface area contributed by atoms with Gasteiger partial charge < -0.3 is 20.5 Å². The molecule has 0 aromatic heterocycles. The van der Waals surface area contributed by atoms with Crippen molar-refractivity contribution in [2.75, 3.05) is 19.0 Å². The molecule has 3 N–H and O–H groups in total. The summed E-state index contributed by atoms with van der Waals surface area (Å²) in [6, 6.07) is 7.54. The van der Waals surface area contributed by atoms with E-state index in [0.717, 1.165) is 49.0 Å². The van der Waals surface area contributed by atoms with E-state index in [1.807, 2.05) is 38.1 Å². The Hall–Kier alpha value is -1.75. The second kappa shape index (κ2) is 6.69. The molecule has 5 heteroatoms. The van der Waals surface area contributed by atoms with Gasteiger partial charge in [0.15, 0.2) is 0 Å². The summed E-state index contributed by atoms with van der Waals surface area (Å²) in [5.41, 5.74) is -0.625. The molecule has 1 aromatic rings. The molecule has 5 nitrogen and oxygen atoms in total. The van der Waals surface area contributed by atoms with E-state index in [9.17, 15) is 9.90 Å². The second-order valence-corrected chi connectivity index (χ2v) is 9.46. The fourth-order valence-corrected chi connectivity index (χ4v) is 5.82. The zero-order valence-corrected chi connectivity index (χ0v) is 16.6. The zero-order chi connectivity index (χ0) is 19.2. The Labute approximate surface area is 161 Å². The van der Waals surface area contributed by atoms with Crippen molar-refractivity contribution in [3.05, 3.63) is 24.3 Å². The van der Waals surface area contributed by atoms with Crippen LogP contribution in [-0.4, -0.2) is 35.8 Å². The lowest BCUT2D eigenvalue weighted by Gasteiger charge is -2.59. The van der Waals surface area contributed by atoms with Crippen LogP contribution in [0, 0.1) is 23.7 Å². The molecule has 4 aliphatic carbocycles. The van der Waals surface area contributed by atoms with E-state index in [4.69, 9.17) is 4.74 Å². The predicted octanol–water partition coefficient (Wildman–Crippen LogP) is 3.19. The van der Waals surface area contributed by atoms with Gasteiger partial charge in [-0.15, -0.1) is 0 Å². The summed E-state index contributed by atoms with van der Waals surface area (Å²) in [6.45, 7) is 4.11. The van der Waals surface area contributed by atoms with Crippen LogP contribution in [-0.2, 0) is 4.79 Å². The van der Waals surface area contributed by atoms with Crippen LogP contribution in [0.1, 0.15) is 46.0 Å². The predicted molar refractivity (Wildman–Crippen MR) is 106 cm³/mol. The summed E-state index contributed by atoms with van der Waals surface area (Å²) in [6.07, 6.45) is 5.88. The zero-order valence-electron chi connectivity index (χ0n) is 16.6. The number of hydrogen-bond acceptors (Lipinski definition) is 4. The van der Waals surface area contributed by atoms with E-state index in [1.54, 1.807) is 7.11 Å². The van der Waals surface area contributed by atoms with Crippen molar-refractivity contribution >= 4 is 11.6 Å². The Morgan fingerprint density at radius 3 is 2.19 bits per heavy atom. The third-order valence-electron chi connectivity index (χ3n) is 7.20. The first-order valence-electron chi connectivity index (χ1n) is 10.2. The van der Waals surface area contributed by atoms with Crippen LogP contribution >= 0.6 is 0 Å². The molecule has 0 radical (unpaired) electrons. The van der Waals surface area contributed by atoms with Crippen molar-refractivity contribution in [2.45, 2.75) is 57.1 Å². The average molecular weight is 373 g/mol. The number of ether oxygens (including phenoxy) is 1. The number of aliphatic hydroxyl groups is 1. The van der Waals surface area contributed by atoms with Crippen molar-refractivity contribution < 1.29 is 14.6 Å². The van der Waals surface area contributed by atoms with Gasteiger partial charge in [-0.25, -0.2) is 0 Å². The number of carbonyl (C=O) groups is 1. The van der Waals surface area contributed by atoms with E-state index < -0.39 is 11.1 Å². The number of rotatable bonds is 6. The smallest absolute Gasteiger partial charge is 0.245 e. The van der Waals surface area contributed by atoms with Gasteiger partial charge in [-0.1, -0.05) is 0 Å². The van der Waals surface area contributed by atoms with Crippen LogP contribution in [0.15, 0.2) is 24.3 Å². The van der Waals surface area contributed by atoms with Crippen LogP contribution in [0.4, 0.5) is 5.69 Å². The second-order valence-electron chi connectivity index (χ2n) is 9.46. The van der Waals surface area contributed by atoms with E-state index >= 15 is 0 Å². The topological polar surface area (TPSA) is 70.6 Å². The SMILES string of the molecule is COc1ccc(NC(C)(C)C(=O)NCC2(O)C3CC4CC(C3)CC2C4)cc1. The Kier molecular flexibility index (Phi) is 4.61. The van der Waals surface area contributed by atoms with Crippen molar-refractivity contribution in [1.29, 1.82) is 0 Å². The molecule has 27 heavy (non-hydrogen) atoms. The standard InChI is InChI=1S/C22H32N2O3/c1-21(2,24-18-4-6-19(27-3)7-5-18)20(25)23-13-22(26)16-9-14-8-15(11-16)12-17(22)10-14/h4-7,14-17,24,26H,8-13H2,1-3H3,(H,23,25). The van der Waals surface area contributed by atoms with Crippen LogP contribution in [0.3, 0.4) is 0 Å². The van der Waals surface area contributed by atoms with E-state index in [2.05, 4.69) is 10.6 Å². The fraction of sp³-hybridized carbons (Fsp3) is 0.682. The summed E-state index contributed by atoms with van der Waals surface area (Å²) in [7, 11) is 1.63. The van der Waals surface area contributed by atoms with E-state index in [1.165, 1.54) is 6.42 Å². The maximum atomic E-state index is 12.9. The van der Waals surface area contributed by atoms with Gasteiger partial charge in [0.25, 0.3) is 0 Å². The van der Waals surface area contributed by atoms with Gasteiger partial charge in [-0.05, 0) is 93.9 Å². The number of methoxy groups -OCH3 is 1. The third kappa shape index (κ3) is 3.42. The van der Waals surface area contributed by atoms with Crippen molar-refractivity contribution in [1.82, 2.24) is 5.32 Å². The van der Waals surface area contributed by atoms with Crippen molar-refractivity contribution in [3.8, 4) is 5.75 Å². The van der Waals surface area contributed by atoms with Gasteiger partial charge in [-0.2, -0.15) is 0 Å². The van der Waals surface area contributed by atoms with Crippen molar-refractivity contribution in [2.24, 2.45) is 23.7 Å². The number of anilines is 1. The molecule has 4 bridgehead atoms. The molecular formula is C22H32N2O3. The Morgan fingerprint density at radius 1 is 1.11 bits per heavy atom. The molecule has 5 rings (SSSR count). The highest BCUT2D eigenvalue weighted by Gasteiger charge is 2.56. The number of hydrogen-bond donors (Lipinski definition) is 3. The molecule has 0 unspecified atom stereocenters. The quantitative estimate of drug-likeness (QED) is 0.717. The lowest BCUT2D eigenvalue weighted by atomic mass is 9.50. The molecule has 1 amide bonds. The molecule has 0 heterocycles. The van der Waals surface area contributed by atoms with Gasteiger partial charge in [-0.3, -0.25) is 4.79 Å². The Morgan fingerprint density at radius 2 is 1.67 bits per heavy atom. The van der Waals surface area contributed by atoms with Crippen molar-refractivity contribution in [3.63, 3.8) is 0 Å². The molecule has 4 aliphatic rings. The molecule has 148 valence electrons. The molecular weight excluding hydrogens is 340 g/mol. The number of benzene rings is 1. The number of carbonyl (C=O) groups excluding carboxylic acids is 1. The maximum absolute atomic E-state index is 12.9. The van der Waals surface area contributed by atoms with Gasteiger partial charge in [0.2, 0.25) is 5.91 Å². The number of amides is 1. The minimum absolute atomic E-state index is 0.0828. The summed E-state index contributed by atoms with van der Waals surface area (Å²) in [5.74, 6) is 3.01. The lowest BCUT2D eigenvalue weighted by Crippen LogP contribution is -2.63. The highest BCUT2D eigenvalue weighted by molar-refractivity contribution is 5.88. The highest BCUT2D eigenvalue weighted by atomic mass is 16.5. The molecule has 0 saturated heterocycles. The fourth-order valence-electron chi connectivity index (χ4n) is 5.82. The molecule has 0 atom stereocenters. The van der Waals surface area contributed by atoms with E-state index in [0.29, 0.717) is 18.4 Å². The summed E-state index contributed by atoms with van der Waals surface area (Å²) >= 11 is 0. The van der Waals surface area contributed by atoms with Gasteiger partial charge in [0.05, 0.1) is 12.7 Å². The normalized spacial score (nSPS) is 34.4. The Balaban J connectivity index is 1.38. The first-order valence-corrected chi connectivity index (χ1v) is 10.2. The maximum Gasteiger partial charge on any atom is 0.245 e. The first kappa shape index (κ1) is 18.6. The number of nitrogens with one attached hydrogen (secondary N) is 2. The van der Waals surface area contributed by atoms with Crippen LogP contribution in [0.5, 0.6) is 5.75 Å². The van der Waals surface area contributed by atoms with Crippen LogP contribution in [0.2, 0.25) is 0 Å². The van der Waals surface area contributed by atoms with Crippen LogP contribution < -0.4 is 15.4 Å². The molecule has 1 aromatic carbocycles. The lowest BCUT2D eigenvalue weighted by molar-refractivity contribution is -0.171. The van der Waals surface area contributed by atoms with Crippen LogP contribution in [0.25, 0.3) is 0 Å². The summed E-state index contributed by atoms with van der Waals surface area (Å²) in [5, 5.41) is 17.7. The molecule has 0 aliphatic heterocycles. The van der Waals surface area contributed by atoms with Gasteiger partial charge in [0, 0.05) is 12.2 Å². The summed E-state index contributed by atoms with van der Waals surface area (Å²) in [4.78, 5) is 12.9. The Bertz CT molecular complexity index is 670. The summed E-state index contributed by atoms with van der Waals surface area (Å²) < 4.78 is 5.18. The molecule has 4 saturated carbocycles. The molecule has 4 fully saturated rings. The van der Waals surface area contributed by atoms with Gasteiger partial charge in [0.1, 0.15) is 11.3 Å². The minimum atomic E-state index is -0.767. The third-order valence-corrected chi connectivity index (χ3v) is 7.20. The van der Waals surface area contributed by atoms with Gasteiger partial charge >= 0.3 is 0 Å². The molecule has 0 spiro atoms. The monoisotopic (exact) mass is 372 g/mol. The largest absolute Gasteiger partial charge is 0.497 e. The average Bonchev–Trinajstić information content (AvgIpc) is 2.64. The van der Waals surface area contributed by atoms with E-state index in [-0.39, 0.29) is 5.91 Å². The highest BCUT2D eigenvalue weighted by Crippen LogP contribution is 2.58. The minimum Gasteiger partial charge on any atom is -0.497 e.